The molecule has 6 heteroatoms. The van der Waals surface area contributed by atoms with Gasteiger partial charge in [-0.3, -0.25) is 14.4 Å². The lowest BCUT2D eigenvalue weighted by Gasteiger charge is -2.28. The molecule has 30 heavy (non-hydrogen) atoms. The molecule has 1 N–H and O–H groups in total. The predicted octanol–water partition coefficient (Wildman–Crippen LogP) is 5.07. The SMILES string of the molecule is O=C(CCC(=O)NC1c2ccccc2Oc2ccccc21)CCC(=O)c1cccs1. The van der Waals surface area contributed by atoms with Crippen LogP contribution in [0.4, 0.5) is 0 Å². The number of Topliss-reactive ketones (excluding diaryl/α,β-unsaturated/α-hetero) is 2. The zero-order valence-corrected chi connectivity index (χ0v) is 17.1. The molecule has 0 atom stereocenters. The van der Waals surface area contributed by atoms with Crippen molar-refractivity contribution in [2.75, 3.05) is 0 Å². The number of fused-ring (bicyclic) bond motifs is 2. The number of carbonyl (C=O) groups excluding carboxylic acids is 3. The number of para-hydroxylation sites is 2. The molecule has 0 saturated heterocycles. The molecule has 0 radical (unpaired) electrons. The van der Waals surface area contributed by atoms with Crippen LogP contribution in [-0.4, -0.2) is 17.5 Å². The Balaban J connectivity index is 1.34. The molecule has 1 aliphatic rings. The normalized spacial score (nSPS) is 12.4. The summed E-state index contributed by atoms with van der Waals surface area (Å²) in [7, 11) is 0. The van der Waals surface area contributed by atoms with E-state index in [0.717, 1.165) is 11.1 Å². The van der Waals surface area contributed by atoms with Crippen molar-refractivity contribution in [3.05, 3.63) is 82.0 Å². The molecule has 3 aromatic rings. The van der Waals surface area contributed by atoms with Crippen LogP contribution >= 0.6 is 11.3 Å². The second-order valence-electron chi connectivity index (χ2n) is 7.12. The molecule has 1 aliphatic heterocycles. The van der Waals surface area contributed by atoms with Crippen molar-refractivity contribution in [3.8, 4) is 11.5 Å². The molecule has 0 fully saturated rings. The van der Waals surface area contributed by atoms with Gasteiger partial charge >= 0.3 is 0 Å². The Kier molecular flexibility index (Phi) is 6.05. The van der Waals surface area contributed by atoms with E-state index in [4.69, 9.17) is 4.74 Å². The van der Waals surface area contributed by atoms with Crippen molar-refractivity contribution in [1.29, 1.82) is 0 Å². The fourth-order valence-electron chi connectivity index (χ4n) is 3.49. The maximum absolute atomic E-state index is 12.6. The molecule has 0 bridgehead atoms. The van der Waals surface area contributed by atoms with Gasteiger partial charge < -0.3 is 10.1 Å². The number of hydrogen-bond acceptors (Lipinski definition) is 5. The van der Waals surface area contributed by atoms with Gasteiger partial charge in [-0.1, -0.05) is 42.5 Å². The van der Waals surface area contributed by atoms with Gasteiger partial charge in [0.15, 0.2) is 5.78 Å². The standard InChI is InChI=1S/C24H21NO4S/c26-16(11-13-19(27)22-10-5-15-30-22)12-14-23(28)25-24-17-6-1-3-8-20(17)29-21-9-4-2-7-18(21)24/h1-10,15,24H,11-14H2,(H,25,28). The van der Waals surface area contributed by atoms with E-state index in [2.05, 4.69) is 5.32 Å². The molecule has 2 aromatic carbocycles. The minimum atomic E-state index is -0.325. The molecule has 0 spiro atoms. The molecule has 1 aromatic heterocycles. The molecule has 0 unspecified atom stereocenters. The molecular weight excluding hydrogens is 398 g/mol. The van der Waals surface area contributed by atoms with Gasteiger partial charge in [-0.2, -0.15) is 0 Å². The Bertz CT molecular complexity index is 1030. The highest BCUT2D eigenvalue weighted by molar-refractivity contribution is 7.12. The zero-order valence-electron chi connectivity index (χ0n) is 16.3. The summed E-state index contributed by atoms with van der Waals surface area (Å²) in [4.78, 5) is 37.4. The number of nitrogens with one attached hydrogen (secondary N) is 1. The van der Waals surface area contributed by atoms with Gasteiger partial charge in [0.05, 0.1) is 10.9 Å². The number of hydrogen-bond donors (Lipinski definition) is 1. The number of thiophene rings is 1. The Morgan fingerprint density at radius 1 is 0.800 bits per heavy atom. The zero-order chi connectivity index (χ0) is 20.9. The summed E-state index contributed by atoms with van der Waals surface area (Å²) >= 11 is 1.37. The van der Waals surface area contributed by atoms with E-state index in [1.807, 2.05) is 60.0 Å². The number of amides is 1. The third-order valence-electron chi connectivity index (χ3n) is 5.04. The summed E-state index contributed by atoms with van der Waals surface area (Å²) in [5.41, 5.74) is 1.77. The topological polar surface area (TPSA) is 72.5 Å². The minimum absolute atomic E-state index is 0.0294. The molecule has 4 rings (SSSR count). The quantitative estimate of drug-likeness (QED) is 0.517. The van der Waals surface area contributed by atoms with Crippen LogP contribution < -0.4 is 10.1 Å². The lowest BCUT2D eigenvalue weighted by Crippen LogP contribution is -2.31. The lowest BCUT2D eigenvalue weighted by atomic mass is 9.94. The molecular formula is C24H21NO4S. The van der Waals surface area contributed by atoms with Crippen LogP contribution in [0.5, 0.6) is 11.5 Å². The fourth-order valence-corrected chi connectivity index (χ4v) is 4.18. The van der Waals surface area contributed by atoms with Gasteiger partial charge in [0, 0.05) is 36.8 Å². The molecule has 0 saturated carbocycles. The smallest absolute Gasteiger partial charge is 0.221 e. The molecule has 2 heterocycles. The number of benzene rings is 2. The molecule has 1 amide bonds. The van der Waals surface area contributed by atoms with Gasteiger partial charge in [0.2, 0.25) is 5.91 Å². The highest BCUT2D eigenvalue weighted by atomic mass is 32.1. The van der Waals surface area contributed by atoms with Crippen LogP contribution in [0, 0.1) is 0 Å². The van der Waals surface area contributed by atoms with Crippen LogP contribution in [0.3, 0.4) is 0 Å². The van der Waals surface area contributed by atoms with E-state index in [-0.39, 0.29) is 49.2 Å². The number of ether oxygens (including phenoxy) is 1. The third kappa shape index (κ3) is 4.49. The van der Waals surface area contributed by atoms with E-state index < -0.39 is 0 Å². The van der Waals surface area contributed by atoms with Crippen LogP contribution in [0.15, 0.2) is 66.0 Å². The minimum Gasteiger partial charge on any atom is -0.457 e. The highest BCUT2D eigenvalue weighted by Crippen LogP contribution is 2.42. The summed E-state index contributed by atoms with van der Waals surface area (Å²) in [5, 5.41) is 4.88. The Labute approximate surface area is 178 Å². The second-order valence-corrected chi connectivity index (χ2v) is 8.07. The first kappa shape index (κ1) is 20.0. The summed E-state index contributed by atoms with van der Waals surface area (Å²) < 4.78 is 5.94. The molecule has 5 nitrogen and oxygen atoms in total. The Morgan fingerprint density at radius 3 is 2.07 bits per heavy atom. The van der Waals surface area contributed by atoms with Crippen molar-refractivity contribution < 1.29 is 19.1 Å². The highest BCUT2D eigenvalue weighted by Gasteiger charge is 2.28. The average Bonchev–Trinajstić information content (AvgIpc) is 3.31. The van der Waals surface area contributed by atoms with E-state index in [0.29, 0.717) is 16.4 Å². The monoisotopic (exact) mass is 419 g/mol. The molecule has 0 aliphatic carbocycles. The van der Waals surface area contributed by atoms with Gasteiger partial charge in [-0.25, -0.2) is 0 Å². The Morgan fingerprint density at radius 2 is 1.43 bits per heavy atom. The number of ketones is 2. The molecule has 152 valence electrons. The second kappa shape index (κ2) is 9.05. The first-order valence-electron chi connectivity index (χ1n) is 9.85. The summed E-state index contributed by atoms with van der Waals surface area (Å²) in [6.45, 7) is 0. The van der Waals surface area contributed by atoms with Crippen LogP contribution in [-0.2, 0) is 9.59 Å². The maximum atomic E-state index is 12.6. The van der Waals surface area contributed by atoms with E-state index in [1.165, 1.54) is 11.3 Å². The fraction of sp³-hybridized carbons (Fsp3) is 0.208. The first-order chi connectivity index (χ1) is 14.6. The third-order valence-corrected chi connectivity index (χ3v) is 5.95. The lowest BCUT2D eigenvalue weighted by molar-refractivity contribution is -0.125. The largest absolute Gasteiger partial charge is 0.457 e. The van der Waals surface area contributed by atoms with E-state index >= 15 is 0 Å². The van der Waals surface area contributed by atoms with Crippen molar-refractivity contribution in [3.63, 3.8) is 0 Å². The summed E-state index contributed by atoms with van der Waals surface area (Å²) in [5.74, 6) is 1.11. The van der Waals surface area contributed by atoms with Crippen molar-refractivity contribution in [2.45, 2.75) is 31.7 Å². The predicted molar refractivity (Wildman–Crippen MR) is 115 cm³/mol. The Hall–Kier alpha value is -3.25. The number of carbonyl (C=O) groups is 3. The average molecular weight is 420 g/mol. The van der Waals surface area contributed by atoms with Gasteiger partial charge in [-0.05, 0) is 23.6 Å². The van der Waals surface area contributed by atoms with E-state index in [9.17, 15) is 14.4 Å². The van der Waals surface area contributed by atoms with Crippen LogP contribution in [0.1, 0.15) is 52.5 Å². The van der Waals surface area contributed by atoms with Crippen molar-refractivity contribution >= 4 is 28.8 Å². The van der Waals surface area contributed by atoms with Crippen LogP contribution in [0.25, 0.3) is 0 Å². The van der Waals surface area contributed by atoms with Crippen molar-refractivity contribution in [1.82, 2.24) is 5.32 Å². The van der Waals surface area contributed by atoms with Crippen molar-refractivity contribution in [2.24, 2.45) is 0 Å². The summed E-state index contributed by atoms with van der Waals surface area (Å²) in [6.07, 6.45) is 0.554. The van der Waals surface area contributed by atoms with E-state index in [1.54, 1.807) is 6.07 Å². The summed E-state index contributed by atoms with van der Waals surface area (Å²) in [6, 6.07) is 18.4. The first-order valence-corrected chi connectivity index (χ1v) is 10.7. The van der Waals surface area contributed by atoms with Crippen LogP contribution in [0.2, 0.25) is 0 Å². The number of rotatable bonds is 8. The van der Waals surface area contributed by atoms with Gasteiger partial charge in [0.1, 0.15) is 17.3 Å². The van der Waals surface area contributed by atoms with Gasteiger partial charge in [-0.15, -0.1) is 11.3 Å². The van der Waals surface area contributed by atoms with Gasteiger partial charge in [0.25, 0.3) is 0 Å². The maximum Gasteiger partial charge on any atom is 0.221 e.